The summed E-state index contributed by atoms with van der Waals surface area (Å²) in [6.45, 7) is 11.1. The van der Waals surface area contributed by atoms with Crippen LogP contribution in [0.4, 0.5) is 0 Å². The summed E-state index contributed by atoms with van der Waals surface area (Å²) in [5, 5.41) is 10.5. The lowest BCUT2D eigenvalue weighted by Crippen LogP contribution is -2.43. The van der Waals surface area contributed by atoms with Crippen molar-refractivity contribution in [2.75, 3.05) is 7.11 Å². The molecule has 1 unspecified atom stereocenters. The van der Waals surface area contributed by atoms with Gasteiger partial charge < -0.3 is 14.3 Å². The minimum Gasteiger partial charge on any atom is -0.541 e. The average molecular weight is 373 g/mol. The third kappa shape index (κ3) is 5.12. The maximum Gasteiger partial charge on any atom is 0.250 e. The number of rotatable bonds is 7. The Morgan fingerprint density at radius 3 is 2.23 bits per heavy atom. The van der Waals surface area contributed by atoms with Crippen molar-refractivity contribution >= 4 is 8.32 Å². The molecule has 0 bridgehead atoms. The number of aliphatic hydroxyl groups excluding tert-OH is 1. The fourth-order valence-electron chi connectivity index (χ4n) is 2.53. The predicted octanol–water partition coefficient (Wildman–Crippen LogP) is 5.75. The summed E-state index contributed by atoms with van der Waals surface area (Å²) in [6, 6.07) is 15.9. The molecule has 0 aromatic heterocycles. The van der Waals surface area contributed by atoms with E-state index in [2.05, 4.69) is 39.9 Å². The molecule has 1 N–H and O–H groups in total. The molecule has 2 aromatic rings. The second-order valence-corrected chi connectivity index (χ2v) is 13.0. The first-order chi connectivity index (χ1) is 12.1. The van der Waals surface area contributed by atoms with Crippen LogP contribution in [0.1, 0.15) is 44.4 Å². The van der Waals surface area contributed by atoms with Gasteiger partial charge in [0.2, 0.25) is 0 Å². The first kappa shape index (κ1) is 20.5. The van der Waals surface area contributed by atoms with E-state index in [-0.39, 0.29) is 5.04 Å². The molecule has 142 valence electrons. The molecule has 0 aliphatic heterocycles. The van der Waals surface area contributed by atoms with Crippen LogP contribution in [0.5, 0.6) is 11.5 Å². The van der Waals surface area contributed by atoms with Gasteiger partial charge in [0.25, 0.3) is 8.32 Å². The van der Waals surface area contributed by atoms with Crippen LogP contribution in [-0.4, -0.2) is 20.5 Å². The summed E-state index contributed by atoms with van der Waals surface area (Å²) in [6.07, 6.45) is 1.01. The molecule has 2 rings (SSSR count). The van der Waals surface area contributed by atoms with Gasteiger partial charge in [0.15, 0.2) is 5.75 Å². The SMILES string of the molecule is COc1cc(CCC(O)c2ccccc2)ccc1O[Si](C)(C)C(C)(C)C. The molecule has 1 atom stereocenters. The lowest BCUT2D eigenvalue weighted by molar-refractivity contribution is 0.168. The molecule has 0 aliphatic rings. The number of methoxy groups -OCH3 is 1. The molecule has 3 nitrogen and oxygen atoms in total. The van der Waals surface area contributed by atoms with E-state index in [1.165, 1.54) is 0 Å². The van der Waals surface area contributed by atoms with Crippen LogP contribution in [0.3, 0.4) is 0 Å². The Hall–Kier alpha value is -1.78. The molecule has 0 saturated carbocycles. The molecule has 2 aromatic carbocycles. The van der Waals surface area contributed by atoms with Crippen LogP contribution in [0.15, 0.2) is 48.5 Å². The van der Waals surface area contributed by atoms with Crippen LogP contribution in [0.2, 0.25) is 18.1 Å². The summed E-state index contributed by atoms with van der Waals surface area (Å²) in [4.78, 5) is 0. The largest absolute Gasteiger partial charge is 0.541 e. The van der Waals surface area contributed by atoms with Crippen molar-refractivity contribution in [3.8, 4) is 11.5 Å². The lowest BCUT2D eigenvalue weighted by atomic mass is 10.0. The van der Waals surface area contributed by atoms with E-state index in [1.807, 2.05) is 42.5 Å². The highest BCUT2D eigenvalue weighted by atomic mass is 28.4. The van der Waals surface area contributed by atoms with Gasteiger partial charge in [0.1, 0.15) is 5.75 Å². The summed E-state index contributed by atoms with van der Waals surface area (Å²) >= 11 is 0. The monoisotopic (exact) mass is 372 g/mol. The van der Waals surface area contributed by atoms with E-state index in [1.54, 1.807) is 7.11 Å². The smallest absolute Gasteiger partial charge is 0.250 e. The topological polar surface area (TPSA) is 38.7 Å². The number of benzene rings is 2. The molecule has 0 heterocycles. The second-order valence-electron chi connectivity index (χ2n) is 8.31. The maximum absolute atomic E-state index is 10.4. The fraction of sp³-hybridized carbons (Fsp3) is 0.455. The summed E-state index contributed by atoms with van der Waals surface area (Å²) < 4.78 is 12.0. The highest BCUT2D eigenvalue weighted by molar-refractivity contribution is 6.74. The van der Waals surface area contributed by atoms with Crippen molar-refractivity contribution in [2.24, 2.45) is 0 Å². The minimum atomic E-state index is -1.91. The lowest BCUT2D eigenvalue weighted by Gasteiger charge is -2.36. The molecular weight excluding hydrogens is 340 g/mol. The average Bonchev–Trinajstić information content (AvgIpc) is 2.60. The highest BCUT2D eigenvalue weighted by Gasteiger charge is 2.39. The van der Waals surface area contributed by atoms with Crippen molar-refractivity contribution in [3.63, 3.8) is 0 Å². The first-order valence-corrected chi connectivity index (χ1v) is 12.1. The summed E-state index contributed by atoms with van der Waals surface area (Å²) in [5.41, 5.74) is 2.09. The third-order valence-electron chi connectivity index (χ3n) is 5.29. The van der Waals surface area contributed by atoms with Gasteiger partial charge in [-0.05, 0) is 54.2 Å². The van der Waals surface area contributed by atoms with E-state index in [0.29, 0.717) is 6.42 Å². The molecule has 0 saturated heterocycles. The van der Waals surface area contributed by atoms with E-state index >= 15 is 0 Å². The van der Waals surface area contributed by atoms with Gasteiger partial charge in [0.05, 0.1) is 13.2 Å². The van der Waals surface area contributed by atoms with Crippen LogP contribution in [-0.2, 0) is 6.42 Å². The van der Waals surface area contributed by atoms with Crippen molar-refractivity contribution < 1.29 is 14.3 Å². The van der Waals surface area contributed by atoms with E-state index in [0.717, 1.165) is 29.0 Å². The minimum absolute atomic E-state index is 0.135. The zero-order valence-corrected chi connectivity index (χ0v) is 17.9. The first-order valence-electron chi connectivity index (χ1n) is 9.23. The van der Waals surface area contributed by atoms with E-state index in [4.69, 9.17) is 9.16 Å². The zero-order valence-electron chi connectivity index (χ0n) is 16.9. The molecule has 0 radical (unpaired) electrons. The Labute approximate surface area is 159 Å². The van der Waals surface area contributed by atoms with Crippen LogP contribution < -0.4 is 9.16 Å². The summed E-state index contributed by atoms with van der Waals surface area (Å²) in [5.74, 6) is 1.58. The molecule has 0 spiro atoms. The Morgan fingerprint density at radius 2 is 1.65 bits per heavy atom. The van der Waals surface area contributed by atoms with Crippen LogP contribution >= 0.6 is 0 Å². The Balaban J connectivity index is 2.08. The molecule has 26 heavy (non-hydrogen) atoms. The van der Waals surface area contributed by atoms with Gasteiger partial charge in [-0.3, -0.25) is 0 Å². The van der Waals surface area contributed by atoms with Crippen LogP contribution in [0, 0.1) is 0 Å². The molecular formula is C22H32O3Si. The Bertz CT molecular complexity index is 705. The van der Waals surface area contributed by atoms with Gasteiger partial charge in [-0.1, -0.05) is 57.2 Å². The number of aryl methyl sites for hydroxylation is 1. The van der Waals surface area contributed by atoms with E-state index in [9.17, 15) is 5.11 Å². The maximum atomic E-state index is 10.4. The fourth-order valence-corrected chi connectivity index (χ4v) is 3.55. The van der Waals surface area contributed by atoms with Crippen molar-refractivity contribution in [2.45, 2.75) is 57.8 Å². The molecule has 0 aliphatic carbocycles. The number of hydrogen-bond donors (Lipinski definition) is 1. The quantitative estimate of drug-likeness (QED) is 0.629. The Morgan fingerprint density at radius 1 is 1.00 bits per heavy atom. The van der Waals surface area contributed by atoms with Crippen molar-refractivity contribution in [1.29, 1.82) is 0 Å². The van der Waals surface area contributed by atoms with Gasteiger partial charge in [-0.2, -0.15) is 0 Å². The molecule has 4 heteroatoms. The standard InChI is InChI=1S/C22H32O3Si/c1-22(2,3)26(5,6)25-20-15-13-17(16-21(20)24-4)12-14-19(23)18-10-8-7-9-11-18/h7-11,13,15-16,19,23H,12,14H2,1-6H3. The van der Waals surface area contributed by atoms with Gasteiger partial charge in [0, 0.05) is 0 Å². The highest BCUT2D eigenvalue weighted by Crippen LogP contribution is 2.40. The summed E-state index contributed by atoms with van der Waals surface area (Å²) in [7, 11) is -0.234. The third-order valence-corrected chi connectivity index (χ3v) is 9.63. The zero-order chi connectivity index (χ0) is 19.4. The predicted molar refractivity (Wildman–Crippen MR) is 111 cm³/mol. The number of aliphatic hydroxyl groups is 1. The van der Waals surface area contributed by atoms with Gasteiger partial charge >= 0.3 is 0 Å². The normalized spacial score (nSPS) is 13.3. The molecule has 0 fully saturated rings. The van der Waals surface area contributed by atoms with Gasteiger partial charge in [-0.25, -0.2) is 0 Å². The Kier molecular flexibility index (Phi) is 6.53. The van der Waals surface area contributed by atoms with Gasteiger partial charge in [-0.15, -0.1) is 0 Å². The molecule has 0 amide bonds. The van der Waals surface area contributed by atoms with Crippen molar-refractivity contribution in [1.82, 2.24) is 0 Å². The van der Waals surface area contributed by atoms with Crippen molar-refractivity contribution in [3.05, 3.63) is 59.7 Å². The number of ether oxygens (including phenoxy) is 1. The number of hydrogen-bond acceptors (Lipinski definition) is 3. The second kappa shape index (κ2) is 8.27. The van der Waals surface area contributed by atoms with Crippen LogP contribution in [0.25, 0.3) is 0 Å². The van der Waals surface area contributed by atoms with E-state index < -0.39 is 14.4 Å².